The first-order chi connectivity index (χ1) is 25.1. The number of amides is 4. The minimum atomic E-state index is -0.513. The first-order valence-electron chi connectivity index (χ1n) is 18.1. The maximum atomic E-state index is 13.1. The van der Waals surface area contributed by atoms with Crippen LogP contribution in [0.25, 0.3) is 0 Å². The third-order valence-corrected chi connectivity index (χ3v) is 11.6. The standard InChI is InChI=1S/C22H25BrN2O.C21H25BrN2O2/c1-3-14-22(19-8-5-4-6-9-19)15-7-16-25(21(26)24-22)17(2)18-10-12-20(23)13-11-18;1-16(17-8-10-19(22)11-9-17)24-14-5-12-21(13-15-25,23-20(24)26)18-6-3-2-4-7-18/h3-6,8-13,17H,1,7,14-16H2,2H3,(H,24,26);2-4,6-11,16,25H,5,12-15H2,1H3,(H,23,26)/t17-,22-;16-,21+/m00/s1. The second-order valence-electron chi connectivity index (χ2n) is 13.8. The molecule has 7 nitrogen and oxygen atoms in total. The molecule has 4 aromatic rings. The SMILES string of the molecule is C=CC[C@@]1(c2ccccc2)CCCN([C@@H](C)c2ccc(Br)cc2)C(=O)N1.C[C@@H](c1ccc(Br)cc1)N1CCC[C@@](CCO)(c2ccccc2)NC1=O. The Morgan fingerprint density at radius 1 is 0.692 bits per heavy atom. The number of benzene rings is 4. The first kappa shape index (κ1) is 39.3. The van der Waals surface area contributed by atoms with Crippen LogP contribution < -0.4 is 10.6 Å². The maximum absolute atomic E-state index is 13.1. The van der Waals surface area contributed by atoms with Crippen LogP contribution in [-0.4, -0.2) is 46.7 Å². The van der Waals surface area contributed by atoms with Crippen molar-refractivity contribution >= 4 is 43.9 Å². The lowest BCUT2D eigenvalue weighted by Gasteiger charge is -2.35. The molecule has 0 aromatic heterocycles. The van der Waals surface area contributed by atoms with E-state index in [1.54, 1.807) is 0 Å². The molecule has 2 aliphatic rings. The zero-order valence-corrected chi connectivity index (χ0v) is 33.3. The molecule has 3 N–H and O–H groups in total. The predicted molar refractivity (Wildman–Crippen MR) is 217 cm³/mol. The highest BCUT2D eigenvalue weighted by Crippen LogP contribution is 2.36. The van der Waals surface area contributed by atoms with Crippen molar-refractivity contribution in [2.45, 2.75) is 75.5 Å². The van der Waals surface area contributed by atoms with Gasteiger partial charge in [-0.25, -0.2) is 9.59 Å². The van der Waals surface area contributed by atoms with Gasteiger partial charge in [-0.3, -0.25) is 0 Å². The van der Waals surface area contributed by atoms with Crippen LogP contribution in [0.5, 0.6) is 0 Å². The molecule has 9 heteroatoms. The van der Waals surface area contributed by atoms with Gasteiger partial charge in [0.15, 0.2) is 0 Å². The van der Waals surface area contributed by atoms with Crippen molar-refractivity contribution in [1.29, 1.82) is 0 Å². The van der Waals surface area contributed by atoms with Crippen molar-refractivity contribution in [2.75, 3.05) is 19.7 Å². The molecule has 0 saturated carbocycles. The van der Waals surface area contributed by atoms with Crippen LogP contribution in [0.15, 0.2) is 131 Å². The highest BCUT2D eigenvalue weighted by Gasteiger charge is 2.39. The zero-order valence-electron chi connectivity index (χ0n) is 30.1. The molecule has 2 saturated heterocycles. The van der Waals surface area contributed by atoms with E-state index in [0.717, 1.165) is 69.8 Å². The average Bonchev–Trinajstić information content (AvgIpc) is 3.44. The fraction of sp³-hybridized carbons (Fsp3) is 0.349. The summed E-state index contributed by atoms with van der Waals surface area (Å²) in [5.41, 5.74) is 3.55. The smallest absolute Gasteiger partial charge is 0.318 e. The van der Waals surface area contributed by atoms with Crippen molar-refractivity contribution in [3.63, 3.8) is 0 Å². The van der Waals surface area contributed by atoms with Crippen LogP contribution in [0, 0.1) is 0 Å². The molecule has 0 radical (unpaired) electrons. The van der Waals surface area contributed by atoms with E-state index >= 15 is 0 Å². The third-order valence-electron chi connectivity index (χ3n) is 10.5. The fourth-order valence-corrected chi connectivity index (χ4v) is 8.08. The number of hydrogen-bond acceptors (Lipinski definition) is 3. The van der Waals surface area contributed by atoms with Gasteiger partial charge in [-0.05, 0) is 98.9 Å². The van der Waals surface area contributed by atoms with Gasteiger partial charge in [0.25, 0.3) is 0 Å². The Hall–Kier alpha value is -3.92. The van der Waals surface area contributed by atoms with Crippen molar-refractivity contribution in [3.05, 3.63) is 153 Å². The van der Waals surface area contributed by atoms with Gasteiger partial charge in [0, 0.05) is 28.6 Å². The minimum absolute atomic E-state index is 0.0104. The largest absolute Gasteiger partial charge is 0.396 e. The molecule has 274 valence electrons. The Morgan fingerprint density at radius 3 is 1.52 bits per heavy atom. The highest BCUT2D eigenvalue weighted by atomic mass is 79.9. The number of hydrogen-bond donors (Lipinski definition) is 3. The number of carbonyl (C=O) groups is 2. The lowest BCUT2D eigenvalue weighted by Crippen LogP contribution is -2.49. The highest BCUT2D eigenvalue weighted by molar-refractivity contribution is 9.10. The summed E-state index contributed by atoms with van der Waals surface area (Å²) in [6.45, 7) is 9.55. The summed E-state index contributed by atoms with van der Waals surface area (Å²) in [4.78, 5) is 30.1. The molecule has 4 atom stereocenters. The maximum Gasteiger partial charge on any atom is 0.318 e. The molecule has 6 rings (SSSR count). The van der Waals surface area contributed by atoms with Crippen molar-refractivity contribution in [2.24, 2.45) is 0 Å². The van der Waals surface area contributed by atoms with E-state index in [0.29, 0.717) is 13.0 Å². The Morgan fingerprint density at radius 2 is 1.10 bits per heavy atom. The summed E-state index contributed by atoms with van der Waals surface area (Å²) < 4.78 is 2.07. The van der Waals surface area contributed by atoms with Gasteiger partial charge in [0.05, 0.1) is 23.2 Å². The summed E-state index contributed by atoms with van der Waals surface area (Å²) in [5, 5.41) is 16.2. The molecule has 2 aliphatic heterocycles. The van der Waals surface area contributed by atoms with Crippen LogP contribution in [0.3, 0.4) is 0 Å². The number of rotatable bonds is 10. The van der Waals surface area contributed by atoms with Gasteiger partial charge in [0.2, 0.25) is 0 Å². The van der Waals surface area contributed by atoms with Gasteiger partial charge in [-0.2, -0.15) is 0 Å². The van der Waals surface area contributed by atoms with Gasteiger partial charge in [-0.15, -0.1) is 6.58 Å². The Labute approximate surface area is 325 Å². The quantitative estimate of drug-likeness (QED) is 0.139. The molecule has 0 spiro atoms. The first-order valence-corrected chi connectivity index (χ1v) is 19.7. The van der Waals surface area contributed by atoms with Gasteiger partial charge < -0.3 is 25.5 Å². The molecule has 52 heavy (non-hydrogen) atoms. The monoisotopic (exact) mass is 828 g/mol. The zero-order chi connectivity index (χ0) is 37.1. The molecular formula is C43H50Br2N4O3. The van der Waals surface area contributed by atoms with E-state index in [1.165, 1.54) is 0 Å². The van der Waals surface area contributed by atoms with E-state index in [1.807, 2.05) is 101 Å². The van der Waals surface area contributed by atoms with Crippen LogP contribution in [0.4, 0.5) is 9.59 Å². The van der Waals surface area contributed by atoms with E-state index in [-0.39, 0.29) is 36.3 Å². The lowest BCUT2D eigenvalue weighted by molar-refractivity contribution is 0.169. The molecule has 2 fully saturated rings. The van der Waals surface area contributed by atoms with E-state index in [2.05, 4.69) is 87.2 Å². The van der Waals surface area contributed by atoms with Crippen molar-refractivity contribution in [3.8, 4) is 0 Å². The predicted octanol–water partition coefficient (Wildman–Crippen LogP) is 10.4. The molecule has 0 bridgehead atoms. The topological polar surface area (TPSA) is 84.9 Å². The van der Waals surface area contributed by atoms with Crippen LogP contribution in [0.1, 0.15) is 86.7 Å². The van der Waals surface area contributed by atoms with Gasteiger partial charge in [0.1, 0.15) is 0 Å². The fourth-order valence-electron chi connectivity index (χ4n) is 7.55. The summed E-state index contributed by atoms with van der Waals surface area (Å²) in [7, 11) is 0. The number of carbonyl (C=O) groups excluding carboxylic acids is 2. The van der Waals surface area contributed by atoms with E-state index in [4.69, 9.17) is 0 Å². The number of aliphatic hydroxyl groups excluding tert-OH is 1. The Balaban J connectivity index is 0.000000201. The van der Waals surface area contributed by atoms with E-state index < -0.39 is 5.54 Å². The lowest BCUT2D eigenvalue weighted by atomic mass is 9.83. The number of aliphatic hydroxyl groups is 1. The summed E-state index contributed by atoms with van der Waals surface area (Å²) in [5.74, 6) is 0. The average molecular weight is 831 g/mol. The second kappa shape index (κ2) is 18.2. The van der Waals surface area contributed by atoms with Gasteiger partial charge in [-0.1, -0.05) is 123 Å². The van der Waals surface area contributed by atoms with Crippen LogP contribution >= 0.6 is 31.9 Å². The van der Waals surface area contributed by atoms with Crippen molar-refractivity contribution in [1.82, 2.24) is 20.4 Å². The second-order valence-corrected chi connectivity index (χ2v) is 15.6. The minimum Gasteiger partial charge on any atom is -0.396 e. The molecule has 4 amide bonds. The Kier molecular flexibility index (Phi) is 13.8. The van der Waals surface area contributed by atoms with Crippen LogP contribution in [-0.2, 0) is 11.1 Å². The number of urea groups is 2. The summed E-state index contributed by atoms with van der Waals surface area (Å²) in [6, 6.07) is 36.5. The number of nitrogens with one attached hydrogen (secondary N) is 2. The van der Waals surface area contributed by atoms with Crippen LogP contribution in [0.2, 0.25) is 0 Å². The molecular weight excluding hydrogens is 780 g/mol. The summed E-state index contributed by atoms with van der Waals surface area (Å²) in [6.07, 6.45) is 6.69. The van der Waals surface area contributed by atoms with Gasteiger partial charge >= 0.3 is 12.1 Å². The number of nitrogens with zero attached hydrogens (tertiary/aromatic N) is 2. The Bertz CT molecular complexity index is 1760. The summed E-state index contributed by atoms with van der Waals surface area (Å²) >= 11 is 6.93. The molecule has 4 aromatic carbocycles. The molecule has 0 unspecified atom stereocenters. The molecule has 0 aliphatic carbocycles. The normalized spacial score (nSPS) is 21.7. The van der Waals surface area contributed by atoms with E-state index in [9.17, 15) is 14.7 Å². The number of halogens is 2. The third kappa shape index (κ3) is 9.35. The van der Waals surface area contributed by atoms with Crippen molar-refractivity contribution < 1.29 is 14.7 Å². The molecule has 2 heterocycles.